The minimum atomic E-state index is -0.221. The quantitative estimate of drug-likeness (QED) is 0.209. The Morgan fingerprint density at radius 3 is 1.76 bits per heavy atom. The smallest absolute Gasteiger partial charge is 0.193 e. The van der Waals surface area contributed by atoms with E-state index >= 15 is 0 Å². The summed E-state index contributed by atoms with van der Waals surface area (Å²) >= 11 is 6.25. The van der Waals surface area contributed by atoms with Gasteiger partial charge in [0.05, 0.1) is 11.8 Å². The van der Waals surface area contributed by atoms with Gasteiger partial charge >= 0.3 is 0 Å². The molecule has 0 radical (unpaired) electrons. The Bertz CT molecular complexity index is 1560. The number of benzene rings is 3. The van der Waals surface area contributed by atoms with Crippen LogP contribution in [0.25, 0.3) is 0 Å². The van der Waals surface area contributed by atoms with Crippen LogP contribution in [0.4, 0.5) is 5.69 Å². The highest BCUT2D eigenvalue weighted by atomic mass is 35.5. The fraction of sp³-hybridized carbons (Fsp3) is 0.286. The lowest BCUT2D eigenvalue weighted by atomic mass is 9.97. The fourth-order valence-electron chi connectivity index (χ4n) is 5.44. The lowest BCUT2D eigenvalue weighted by molar-refractivity contribution is 0.0978. The van der Waals surface area contributed by atoms with Gasteiger partial charge in [0, 0.05) is 54.4 Å². The maximum Gasteiger partial charge on any atom is 0.193 e. The molecule has 0 amide bonds. The van der Waals surface area contributed by atoms with Crippen LogP contribution in [0.5, 0.6) is 0 Å². The first kappa shape index (κ1) is 29.5. The van der Waals surface area contributed by atoms with Crippen molar-refractivity contribution in [2.75, 3.05) is 18.0 Å². The van der Waals surface area contributed by atoms with Gasteiger partial charge in [-0.05, 0) is 74.2 Å². The lowest BCUT2D eigenvalue weighted by Gasteiger charge is -2.31. The first-order valence-electron chi connectivity index (χ1n) is 14.4. The molecule has 1 aliphatic rings. The van der Waals surface area contributed by atoms with Crippen LogP contribution in [-0.2, 0) is 12.8 Å². The molecular weight excluding hydrogens is 548 g/mol. The summed E-state index contributed by atoms with van der Waals surface area (Å²) < 4.78 is 1.82. The second-order valence-corrected chi connectivity index (χ2v) is 11.6. The van der Waals surface area contributed by atoms with Crippen molar-refractivity contribution in [1.82, 2.24) is 4.57 Å². The van der Waals surface area contributed by atoms with E-state index in [-0.39, 0.29) is 42.3 Å². The molecule has 5 rings (SSSR count). The van der Waals surface area contributed by atoms with Crippen molar-refractivity contribution >= 4 is 34.6 Å². The summed E-state index contributed by atoms with van der Waals surface area (Å²) in [6.45, 7) is 5.59. The maximum absolute atomic E-state index is 13.1. The number of rotatable bonds is 10. The molecule has 1 fully saturated rings. The number of hydrogen-bond acceptors (Lipinski definition) is 5. The van der Waals surface area contributed by atoms with E-state index in [0.717, 1.165) is 42.7 Å². The molecule has 0 atom stereocenters. The number of nitrogens with zero attached hydrogens (tertiary/aromatic N) is 2. The van der Waals surface area contributed by atoms with Gasteiger partial charge in [-0.15, -0.1) is 0 Å². The lowest BCUT2D eigenvalue weighted by Crippen LogP contribution is -2.35. The van der Waals surface area contributed by atoms with Crippen molar-refractivity contribution in [3.63, 3.8) is 0 Å². The molecule has 4 aromatic rings. The zero-order chi connectivity index (χ0) is 29.8. The van der Waals surface area contributed by atoms with E-state index in [0.29, 0.717) is 27.5 Å². The van der Waals surface area contributed by atoms with Gasteiger partial charge in [-0.25, -0.2) is 0 Å². The number of aliphatic hydroxyl groups is 1. The van der Waals surface area contributed by atoms with Crippen molar-refractivity contribution in [3.8, 4) is 0 Å². The van der Waals surface area contributed by atoms with E-state index in [9.17, 15) is 19.5 Å². The SMILES string of the molecule is CC(C)n1c(Cl)ccc1C(=O)Cc1ccc(C(=O)c2ccc(CC(=O)c3ccc(N4CCC(O)CC4)cc3)cc2)cc1. The zero-order valence-electron chi connectivity index (χ0n) is 23.9. The molecule has 2 heterocycles. The Hall–Kier alpha value is -4.00. The number of piperidine rings is 1. The van der Waals surface area contributed by atoms with Gasteiger partial charge in [-0.2, -0.15) is 0 Å². The molecule has 1 aliphatic heterocycles. The number of Topliss-reactive ketones (excluding diaryl/α,β-unsaturated/α-hetero) is 2. The molecule has 216 valence electrons. The number of ketones is 3. The highest BCUT2D eigenvalue weighted by Crippen LogP contribution is 2.23. The number of hydrogen-bond donors (Lipinski definition) is 1. The predicted octanol–water partition coefficient (Wildman–Crippen LogP) is 6.77. The molecule has 6 nitrogen and oxygen atoms in total. The summed E-state index contributed by atoms with van der Waals surface area (Å²) in [4.78, 5) is 41.1. The average molecular weight is 583 g/mol. The number of aromatic nitrogens is 1. The van der Waals surface area contributed by atoms with Gasteiger partial charge in [-0.1, -0.05) is 60.1 Å². The highest BCUT2D eigenvalue weighted by Gasteiger charge is 2.19. The summed E-state index contributed by atoms with van der Waals surface area (Å²) in [5.74, 6) is -0.131. The molecule has 1 aromatic heterocycles. The normalized spacial score (nSPS) is 13.9. The third-order valence-corrected chi connectivity index (χ3v) is 8.16. The molecule has 0 saturated carbocycles. The Morgan fingerprint density at radius 2 is 1.24 bits per heavy atom. The minimum Gasteiger partial charge on any atom is -0.393 e. The second-order valence-electron chi connectivity index (χ2n) is 11.2. The van der Waals surface area contributed by atoms with Crippen molar-refractivity contribution < 1.29 is 19.5 Å². The number of aliphatic hydroxyl groups excluding tert-OH is 1. The molecule has 0 unspecified atom stereocenters. The molecule has 7 heteroatoms. The molecule has 0 spiro atoms. The van der Waals surface area contributed by atoms with Crippen LogP contribution in [0, 0.1) is 0 Å². The van der Waals surface area contributed by atoms with Crippen LogP contribution in [0.2, 0.25) is 5.15 Å². The monoisotopic (exact) mass is 582 g/mol. The fourth-order valence-corrected chi connectivity index (χ4v) is 5.78. The van der Waals surface area contributed by atoms with Crippen LogP contribution in [0.3, 0.4) is 0 Å². The summed E-state index contributed by atoms with van der Waals surface area (Å²) in [5, 5.41) is 10.3. The first-order chi connectivity index (χ1) is 20.2. The Morgan fingerprint density at radius 1 is 0.738 bits per heavy atom. The standard InChI is InChI=1S/C35H35ClN2O4/c1-23(2)38-31(15-16-34(38)36)33(41)22-25-5-9-28(10-6-25)35(42)27-7-3-24(4-8-27)21-32(40)26-11-13-29(14-12-26)37-19-17-30(39)18-20-37/h3-16,23,30,39H,17-22H2,1-2H3. The average Bonchev–Trinajstić information content (AvgIpc) is 3.40. The summed E-state index contributed by atoms with van der Waals surface area (Å²) in [6, 6.07) is 25.4. The third kappa shape index (κ3) is 6.72. The van der Waals surface area contributed by atoms with E-state index in [4.69, 9.17) is 11.6 Å². The van der Waals surface area contributed by atoms with E-state index in [1.165, 1.54) is 0 Å². The number of carbonyl (C=O) groups is 3. The Kier molecular flexibility index (Phi) is 9.05. The summed E-state index contributed by atoms with van der Waals surface area (Å²) in [6.07, 6.45) is 1.76. The van der Waals surface area contributed by atoms with Gasteiger partial charge < -0.3 is 14.6 Å². The van der Waals surface area contributed by atoms with Gasteiger partial charge in [-0.3, -0.25) is 14.4 Å². The number of carbonyl (C=O) groups excluding carboxylic acids is 3. The molecule has 1 saturated heterocycles. The molecular formula is C35H35ClN2O4. The molecule has 0 aliphatic carbocycles. The van der Waals surface area contributed by atoms with Gasteiger partial charge in [0.2, 0.25) is 0 Å². The second kappa shape index (κ2) is 12.9. The van der Waals surface area contributed by atoms with E-state index < -0.39 is 0 Å². The van der Waals surface area contributed by atoms with E-state index in [1.54, 1.807) is 36.4 Å². The number of anilines is 1. The third-order valence-electron chi connectivity index (χ3n) is 7.85. The molecule has 0 bridgehead atoms. The predicted molar refractivity (Wildman–Crippen MR) is 166 cm³/mol. The molecule has 3 aromatic carbocycles. The van der Waals surface area contributed by atoms with E-state index in [1.807, 2.05) is 66.9 Å². The van der Waals surface area contributed by atoms with Crippen molar-refractivity contribution in [3.05, 3.63) is 124 Å². The first-order valence-corrected chi connectivity index (χ1v) is 14.8. The van der Waals surface area contributed by atoms with Crippen LogP contribution >= 0.6 is 11.6 Å². The van der Waals surface area contributed by atoms with E-state index in [2.05, 4.69) is 4.90 Å². The van der Waals surface area contributed by atoms with Crippen LogP contribution in [-0.4, -0.2) is 46.2 Å². The maximum atomic E-state index is 13.1. The summed E-state index contributed by atoms with van der Waals surface area (Å²) in [7, 11) is 0. The van der Waals surface area contributed by atoms with Crippen LogP contribution < -0.4 is 4.90 Å². The van der Waals surface area contributed by atoms with Crippen LogP contribution in [0.15, 0.2) is 84.9 Å². The topological polar surface area (TPSA) is 79.6 Å². The van der Waals surface area contributed by atoms with Crippen LogP contribution in [0.1, 0.15) is 80.6 Å². The highest BCUT2D eigenvalue weighted by molar-refractivity contribution is 6.30. The number of halogens is 1. The van der Waals surface area contributed by atoms with Crippen molar-refractivity contribution in [2.24, 2.45) is 0 Å². The van der Waals surface area contributed by atoms with Gasteiger partial charge in [0.15, 0.2) is 17.3 Å². The minimum absolute atomic E-state index is 0.0164. The Balaban J connectivity index is 1.17. The summed E-state index contributed by atoms with van der Waals surface area (Å²) in [5.41, 5.74) is 5.01. The van der Waals surface area contributed by atoms with Crippen molar-refractivity contribution in [1.29, 1.82) is 0 Å². The Labute approximate surface area is 251 Å². The van der Waals surface area contributed by atoms with Gasteiger partial charge in [0.25, 0.3) is 0 Å². The molecule has 1 N–H and O–H groups in total. The molecule has 42 heavy (non-hydrogen) atoms. The zero-order valence-corrected chi connectivity index (χ0v) is 24.7. The van der Waals surface area contributed by atoms with Gasteiger partial charge in [0.1, 0.15) is 5.15 Å². The largest absolute Gasteiger partial charge is 0.393 e. The van der Waals surface area contributed by atoms with Crippen molar-refractivity contribution in [2.45, 2.75) is 51.7 Å².